The summed E-state index contributed by atoms with van der Waals surface area (Å²) >= 11 is 0. The maximum atomic E-state index is 13.7. The normalized spacial score (nSPS) is 34.2. The van der Waals surface area contributed by atoms with Crippen LogP contribution in [0.2, 0.25) is 0 Å². The Balaban J connectivity index is 1.80. The monoisotopic (exact) mass is 240 g/mol. The molecule has 0 aromatic carbocycles. The van der Waals surface area contributed by atoms with Crippen LogP contribution in [-0.2, 0) is 9.31 Å². The smallest absolute Gasteiger partial charge is 0.362 e. The van der Waals surface area contributed by atoms with E-state index >= 15 is 0 Å². The molecule has 4 nitrogen and oxygen atoms in total. The van der Waals surface area contributed by atoms with E-state index in [1.54, 1.807) is 12.2 Å². The Morgan fingerprint density at radius 1 is 0.824 bits per heavy atom. The first kappa shape index (κ1) is 11.9. The summed E-state index contributed by atoms with van der Waals surface area (Å²) in [7, 11) is -0.552. The fourth-order valence-electron chi connectivity index (χ4n) is 1.27. The van der Waals surface area contributed by atoms with Crippen LogP contribution in [0, 0.1) is 0 Å². The Morgan fingerprint density at radius 2 is 1.29 bits per heavy atom. The Bertz CT molecular complexity index is 364. The van der Waals surface area contributed by atoms with Gasteiger partial charge in [-0.15, -0.1) is 0 Å². The van der Waals surface area contributed by atoms with Crippen molar-refractivity contribution in [3.63, 3.8) is 0 Å². The minimum atomic E-state index is -2.17. The SMILES string of the molecule is FC1(OBOC2(F)C=CC=CN2)C=CC=CN1. The van der Waals surface area contributed by atoms with Gasteiger partial charge in [-0.25, -0.2) is 0 Å². The van der Waals surface area contributed by atoms with Crippen molar-refractivity contribution in [2.24, 2.45) is 0 Å². The molecule has 2 rings (SSSR count). The Kier molecular flexibility index (Phi) is 3.30. The molecule has 2 atom stereocenters. The van der Waals surface area contributed by atoms with Gasteiger partial charge in [-0.2, -0.15) is 8.78 Å². The second kappa shape index (κ2) is 4.73. The third-order valence-corrected chi connectivity index (χ3v) is 2.13. The van der Waals surface area contributed by atoms with E-state index < -0.39 is 19.6 Å². The fourth-order valence-corrected chi connectivity index (χ4v) is 1.27. The molecule has 2 N–H and O–H groups in total. The zero-order chi connectivity index (χ0) is 12.2. The summed E-state index contributed by atoms with van der Waals surface area (Å²) in [5.41, 5.74) is 0. The highest BCUT2D eigenvalue weighted by Crippen LogP contribution is 2.17. The number of halogens is 2. The van der Waals surface area contributed by atoms with Crippen molar-refractivity contribution >= 4 is 7.69 Å². The molecule has 0 aliphatic carbocycles. The predicted molar refractivity (Wildman–Crippen MR) is 59.8 cm³/mol. The van der Waals surface area contributed by atoms with Gasteiger partial charge in [0, 0.05) is 24.6 Å². The van der Waals surface area contributed by atoms with E-state index in [1.165, 1.54) is 24.6 Å². The Labute approximate surface area is 98.0 Å². The van der Waals surface area contributed by atoms with Gasteiger partial charge in [-0.3, -0.25) is 0 Å². The molecule has 0 bridgehead atoms. The van der Waals surface area contributed by atoms with Crippen molar-refractivity contribution < 1.29 is 18.1 Å². The van der Waals surface area contributed by atoms with E-state index in [-0.39, 0.29) is 0 Å². The average Bonchev–Trinajstić information content (AvgIpc) is 2.30. The van der Waals surface area contributed by atoms with Gasteiger partial charge in [-0.1, -0.05) is 12.2 Å². The van der Waals surface area contributed by atoms with E-state index in [1.807, 2.05) is 0 Å². The summed E-state index contributed by atoms with van der Waals surface area (Å²) in [6.45, 7) is 0. The van der Waals surface area contributed by atoms with Crippen molar-refractivity contribution in [1.82, 2.24) is 10.6 Å². The molecule has 0 aromatic rings. The van der Waals surface area contributed by atoms with Crippen molar-refractivity contribution in [2.75, 3.05) is 0 Å². The lowest BCUT2D eigenvalue weighted by Crippen LogP contribution is -2.45. The van der Waals surface area contributed by atoms with Gasteiger partial charge in [0.05, 0.1) is 0 Å². The molecular weight excluding hydrogens is 229 g/mol. The maximum absolute atomic E-state index is 13.7. The van der Waals surface area contributed by atoms with Crippen LogP contribution in [0.3, 0.4) is 0 Å². The molecule has 17 heavy (non-hydrogen) atoms. The molecule has 2 heterocycles. The van der Waals surface area contributed by atoms with E-state index in [0.717, 1.165) is 12.2 Å². The van der Waals surface area contributed by atoms with Crippen molar-refractivity contribution in [3.05, 3.63) is 48.9 Å². The second-order valence-electron chi connectivity index (χ2n) is 3.42. The van der Waals surface area contributed by atoms with Crippen LogP contribution < -0.4 is 10.6 Å². The Hall–Kier alpha value is -1.60. The quantitative estimate of drug-likeness (QED) is 0.565. The van der Waals surface area contributed by atoms with E-state index in [0.29, 0.717) is 0 Å². The molecule has 0 fully saturated rings. The summed E-state index contributed by atoms with van der Waals surface area (Å²) in [5.74, 6) is -4.33. The van der Waals surface area contributed by atoms with Gasteiger partial charge < -0.3 is 19.9 Å². The third kappa shape index (κ3) is 3.18. The molecule has 0 spiro atoms. The first-order valence-corrected chi connectivity index (χ1v) is 5.02. The summed E-state index contributed by atoms with van der Waals surface area (Å²) in [4.78, 5) is 0. The molecule has 2 aliphatic rings. The number of dihydropyridines is 2. The predicted octanol–water partition coefficient (Wildman–Crippen LogP) is 0.879. The summed E-state index contributed by atoms with van der Waals surface area (Å²) in [6.07, 6.45) is 11.2. The van der Waals surface area contributed by atoms with Crippen LogP contribution in [0.25, 0.3) is 0 Å². The molecule has 2 unspecified atom stereocenters. The van der Waals surface area contributed by atoms with Gasteiger partial charge in [-0.05, 0) is 12.2 Å². The largest absolute Gasteiger partial charge is 0.445 e. The highest BCUT2D eigenvalue weighted by Gasteiger charge is 2.32. The molecular formula is C10H11BF2N2O2. The van der Waals surface area contributed by atoms with Crippen molar-refractivity contribution in [3.8, 4) is 0 Å². The van der Waals surface area contributed by atoms with Gasteiger partial charge in [0.25, 0.3) is 12.0 Å². The number of hydrogen-bond donors (Lipinski definition) is 2. The van der Waals surface area contributed by atoms with Crippen molar-refractivity contribution in [2.45, 2.75) is 12.0 Å². The lowest BCUT2D eigenvalue weighted by atomic mass is 10.2. The lowest BCUT2D eigenvalue weighted by Gasteiger charge is -2.27. The van der Waals surface area contributed by atoms with Crippen LogP contribution in [0.5, 0.6) is 0 Å². The standard InChI is InChI=1S/C10H11BF2N2O2/c12-9(5-1-3-7-14-9)16-11-17-10(13)6-2-4-8-15-10/h1-8,11,14-15H. The fraction of sp³-hybridized carbons (Fsp3) is 0.200. The zero-order valence-corrected chi connectivity index (χ0v) is 8.90. The first-order chi connectivity index (χ1) is 8.12. The van der Waals surface area contributed by atoms with E-state index in [2.05, 4.69) is 10.6 Å². The number of rotatable bonds is 4. The minimum Gasteiger partial charge on any atom is -0.362 e. The molecule has 0 amide bonds. The molecule has 0 aromatic heterocycles. The minimum absolute atomic E-state index is 0.552. The van der Waals surface area contributed by atoms with Crippen LogP contribution in [0.1, 0.15) is 0 Å². The summed E-state index contributed by atoms with van der Waals surface area (Å²) in [6, 6.07) is 0. The van der Waals surface area contributed by atoms with Crippen LogP contribution in [0.4, 0.5) is 8.78 Å². The van der Waals surface area contributed by atoms with Crippen LogP contribution in [-0.4, -0.2) is 19.6 Å². The van der Waals surface area contributed by atoms with Crippen LogP contribution >= 0.6 is 0 Å². The highest BCUT2D eigenvalue weighted by atomic mass is 19.2. The summed E-state index contributed by atoms with van der Waals surface area (Å²) < 4.78 is 37.0. The van der Waals surface area contributed by atoms with Crippen LogP contribution in [0.15, 0.2) is 48.9 Å². The average molecular weight is 240 g/mol. The second-order valence-corrected chi connectivity index (χ2v) is 3.42. The zero-order valence-electron chi connectivity index (χ0n) is 8.90. The Morgan fingerprint density at radius 3 is 1.65 bits per heavy atom. The van der Waals surface area contributed by atoms with Gasteiger partial charge in [0.1, 0.15) is 0 Å². The third-order valence-electron chi connectivity index (χ3n) is 2.13. The molecule has 2 aliphatic heterocycles. The molecule has 90 valence electrons. The van der Waals surface area contributed by atoms with Gasteiger partial charge in [0.15, 0.2) is 0 Å². The highest BCUT2D eigenvalue weighted by molar-refractivity contribution is 6.18. The number of hydrogen-bond acceptors (Lipinski definition) is 4. The molecule has 7 heteroatoms. The summed E-state index contributed by atoms with van der Waals surface area (Å²) in [5, 5.41) is 4.67. The molecule has 0 radical (unpaired) electrons. The maximum Gasteiger partial charge on any atom is 0.445 e. The van der Waals surface area contributed by atoms with Crippen molar-refractivity contribution in [1.29, 1.82) is 0 Å². The number of alkyl halides is 2. The van der Waals surface area contributed by atoms with Gasteiger partial charge >= 0.3 is 7.69 Å². The number of allylic oxidation sites excluding steroid dienone is 4. The van der Waals surface area contributed by atoms with E-state index in [9.17, 15) is 8.78 Å². The lowest BCUT2D eigenvalue weighted by molar-refractivity contribution is -0.0920. The number of nitrogens with one attached hydrogen (secondary N) is 2. The first-order valence-electron chi connectivity index (χ1n) is 5.02. The topological polar surface area (TPSA) is 42.5 Å². The molecule has 0 saturated carbocycles. The molecule has 0 saturated heterocycles. The van der Waals surface area contributed by atoms with Gasteiger partial charge in [0.2, 0.25) is 0 Å². The van der Waals surface area contributed by atoms with E-state index in [4.69, 9.17) is 9.31 Å².